The summed E-state index contributed by atoms with van der Waals surface area (Å²) in [6, 6.07) is 1.42. The molecule has 0 amide bonds. The minimum Gasteiger partial charge on any atom is -0.311 e. The van der Waals surface area contributed by atoms with E-state index < -0.39 is 0 Å². The van der Waals surface area contributed by atoms with Crippen LogP contribution in [0, 0.1) is 5.92 Å². The predicted octanol–water partition coefficient (Wildman–Crippen LogP) is 3.20. The van der Waals surface area contributed by atoms with Crippen molar-refractivity contribution in [2.75, 3.05) is 19.6 Å². The smallest absolute Gasteiger partial charge is 0.0252 e. The first-order chi connectivity index (χ1) is 8.66. The minimum absolute atomic E-state index is 0.649. The van der Waals surface area contributed by atoms with Crippen LogP contribution in [0.15, 0.2) is 11.6 Å². The van der Waals surface area contributed by atoms with Crippen molar-refractivity contribution in [3.8, 4) is 0 Å². The molecule has 1 N–H and O–H groups in total. The first-order valence-electron chi connectivity index (χ1n) is 7.77. The SMILES string of the molecule is CC(C)=CCN1CC(C)NCC1C1CCCCC1. The van der Waals surface area contributed by atoms with Crippen LogP contribution in [0.3, 0.4) is 0 Å². The van der Waals surface area contributed by atoms with E-state index in [2.05, 4.69) is 37.1 Å². The average Bonchev–Trinajstić information content (AvgIpc) is 2.37. The molecule has 0 aromatic rings. The van der Waals surface area contributed by atoms with E-state index in [0.29, 0.717) is 6.04 Å². The van der Waals surface area contributed by atoms with Crippen LogP contribution in [0.25, 0.3) is 0 Å². The molecule has 0 spiro atoms. The first-order valence-corrected chi connectivity index (χ1v) is 7.77. The van der Waals surface area contributed by atoms with Crippen LogP contribution < -0.4 is 5.32 Å². The monoisotopic (exact) mass is 250 g/mol. The lowest BCUT2D eigenvalue weighted by atomic mass is 9.82. The molecule has 1 heterocycles. The Morgan fingerprint density at radius 1 is 1.22 bits per heavy atom. The van der Waals surface area contributed by atoms with Crippen molar-refractivity contribution < 1.29 is 0 Å². The second-order valence-corrected chi connectivity index (χ2v) is 6.51. The Kier molecular flexibility index (Phi) is 5.25. The number of hydrogen-bond donors (Lipinski definition) is 1. The van der Waals surface area contributed by atoms with Crippen molar-refractivity contribution >= 4 is 0 Å². The topological polar surface area (TPSA) is 15.3 Å². The molecule has 0 radical (unpaired) electrons. The van der Waals surface area contributed by atoms with Gasteiger partial charge in [-0.25, -0.2) is 0 Å². The van der Waals surface area contributed by atoms with E-state index in [9.17, 15) is 0 Å². The Balaban J connectivity index is 1.97. The van der Waals surface area contributed by atoms with Gasteiger partial charge in [0.25, 0.3) is 0 Å². The van der Waals surface area contributed by atoms with Gasteiger partial charge in [0.15, 0.2) is 0 Å². The molecule has 2 unspecified atom stereocenters. The van der Waals surface area contributed by atoms with Crippen LogP contribution in [-0.4, -0.2) is 36.6 Å². The van der Waals surface area contributed by atoms with Gasteiger partial charge in [-0.3, -0.25) is 4.90 Å². The number of allylic oxidation sites excluding steroid dienone is 1. The molecule has 0 aromatic heterocycles. The van der Waals surface area contributed by atoms with Gasteiger partial charge in [0.1, 0.15) is 0 Å². The summed E-state index contributed by atoms with van der Waals surface area (Å²) in [5.74, 6) is 0.935. The number of nitrogens with zero attached hydrogens (tertiary/aromatic N) is 1. The van der Waals surface area contributed by atoms with Crippen molar-refractivity contribution in [1.29, 1.82) is 0 Å². The van der Waals surface area contributed by atoms with E-state index in [4.69, 9.17) is 0 Å². The summed E-state index contributed by atoms with van der Waals surface area (Å²) < 4.78 is 0. The Morgan fingerprint density at radius 2 is 1.94 bits per heavy atom. The van der Waals surface area contributed by atoms with Crippen molar-refractivity contribution in [3.05, 3.63) is 11.6 Å². The number of rotatable bonds is 3. The van der Waals surface area contributed by atoms with Crippen LogP contribution in [0.1, 0.15) is 52.9 Å². The lowest BCUT2D eigenvalue weighted by Crippen LogP contribution is -2.58. The molecule has 2 heteroatoms. The first kappa shape index (κ1) is 14.1. The maximum atomic E-state index is 3.68. The summed E-state index contributed by atoms with van der Waals surface area (Å²) in [6.45, 7) is 10.3. The highest BCUT2D eigenvalue weighted by Crippen LogP contribution is 2.30. The van der Waals surface area contributed by atoms with Crippen LogP contribution in [0.2, 0.25) is 0 Å². The molecule has 2 aliphatic rings. The molecule has 1 aliphatic carbocycles. The molecule has 1 saturated carbocycles. The molecule has 104 valence electrons. The lowest BCUT2D eigenvalue weighted by molar-refractivity contribution is 0.0860. The Morgan fingerprint density at radius 3 is 2.61 bits per heavy atom. The maximum absolute atomic E-state index is 3.68. The average molecular weight is 250 g/mol. The van der Waals surface area contributed by atoms with Gasteiger partial charge in [-0.15, -0.1) is 0 Å². The summed E-state index contributed by atoms with van der Waals surface area (Å²) in [5, 5.41) is 3.68. The molecule has 1 saturated heterocycles. The molecular weight excluding hydrogens is 220 g/mol. The molecule has 2 nitrogen and oxygen atoms in total. The Hall–Kier alpha value is -0.340. The summed E-state index contributed by atoms with van der Waals surface area (Å²) in [6.07, 6.45) is 9.66. The fourth-order valence-electron chi connectivity index (χ4n) is 3.50. The fourth-order valence-corrected chi connectivity index (χ4v) is 3.50. The summed E-state index contributed by atoms with van der Waals surface area (Å²) in [4.78, 5) is 2.73. The lowest BCUT2D eigenvalue weighted by Gasteiger charge is -2.44. The van der Waals surface area contributed by atoms with Crippen molar-refractivity contribution in [3.63, 3.8) is 0 Å². The highest BCUT2D eigenvalue weighted by Gasteiger charge is 2.31. The zero-order valence-corrected chi connectivity index (χ0v) is 12.4. The van der Waals surface area contributed by atoms with E-state index in [0.717, 1.165) is 18.5 Å². The highest BCUT2D eigenvalue weighted by molar-refractivity contribution is 4.98. The van der Waals surface area contributed by atoms with Crippen LogP contribution in [0.4, 0.5) is 0 Å². The number of hydrogen-bond acceptors (Lipinski definition) is 2. The van der Waals surface area contributed by atoms with Crippen LogP contribution >= 0.6 is 0 Å². The predicted molar refractivity (Wildman–Crippen MR) is 78.8 cm³/mol. The van der Waals surface area contributed by atoms with Gasteiger partial charge in [0, 0.05) is 31.7 Å². The number of nitrogens with one attached hydrogen (secondary N) is 1. The molecule has 0 aromatic carbocycles. The number of piperazine rings is 1. The molecular formula is C16H30N2. The van der Waals surface area contributed by atoms with Gasteiger partial charge in [0.05, 0.1) is 0 Å². The second kappa shape index (κ2) is 6.72. The zero-order valence-electron chi connectivity index (χ0n) is 12.4. The van der Waals surface area contributed by atoms with E-state index in [1.54, 1.807) is 0 Å². The van der Waals surface area contributed by atoms with Gasteiger partial charge >= 0.3 is 0 Å². The molecule has 0 bridgehead atoms. The quantitative estimate of drug-likeness (QED) is 0.774. The third-order valence-electron chi connectivity index (χ3n) is 4.58. The second-order valence-electron chi connectivity index (χ2n) is 6.51. The van der Waals surface area contributed by atoms with Crippen molar-refractivity contribution in [2.45, 2.75) is 65.0 Å². The Bertz CT molecular complexity index is 275. The summed E-state index contributed by atoms with van der Waals surface area (Å²) >= 11 is 0. The summed E-state index contributed by atoms with van der Waals surface area (Å²) in [5.41, 5.74) is 1.45. The van der Waals surface area contributed by atoms with E-state index in [1.165, 1.54) is 50.8 Å². The van der Waals surface area contributed by atoms with Gasteiger partial charge < -0.3 is 5.32 Å². The largest absolute Gasteiger partial charge is 0.311 e. The standard InChI is InChI=1S/C16H30N2/c1-13(2)9-10-18-12-14(3)17-11-16(18)15-7-5-4-6-8-15/h9,14-17H,4-8,10-12H2,1-3H3. The van der Waals surface area contributed by atoms with Crippen molar-refractivity contribution in [2.24, 2.45) is 5.92 Å². The van der Waals surface area contributed by atoms with Gasteiger partial charge in [-0.1, -0.05) is 30.9 Å². The molecule has 18 heavy (non-hydrogen) atoms. The van der Waals surface area contributed by atoms with E-state index in [1.807, 2.05) is 0 Å². The molecule has 2 rings (SSSR count). The minimum atomic E-state index is 0.649. The van der Waals surface area contributed by atoms with E-state index >= 15 is 0 Å². The van der Waals surface area contributed by atoms with Gasteiger partial charge in [-0.05, 0) is 39.5 Å². The third kappa shape index (κ3) is 3.83. The van der Waals surface area contributed by atoms with E-state index in [-0.39, 0.29) is 0 Å². The van der Waals surface area contributed by atoms with Gasteiger partial charge in [0.2, 0.25) is 0 Å². The summed E-state index contributed by atoms with van der Waals surface area (Å²) in [7, 11) is 0. The Labute approximate surface area is 113 Å². The molecule has 1 aliphatic heterocycles. The third-order valence-corrected chi connectivity index (χ3v) is 4.58. The molecule has 2 atom stereocenters. The van der Waals surface area contributed by atoms with Crippen LogP contribution in [0.5, 0.6) is 0 Å². The fraction of sp³-hybridized carbons (Fsp3) is 0.875. The normalized spacial score (nSPS) is 31.3. The van der Waals surface area contributed by atoms with Crippen LogP contribution in [-0.2, 0) is 0 Å². The molecule has 2 fully saturated rings. The maximum Gasteiger partial charge on any atom is 0.0252 e. The van der Waals surface area contributed by atoms with Gasteiger partial charge in [-0.2, -0.15) is 0 Å². The highest BCUT2D eigenvalue weighted by atomic mass is 15.2. The zero-order chi connectivity index (χ0) is 13.0. The van der Waals surface area contributed by atoms with Crippen molar-refractivity contribution in [1.82, 2.24) is 10.2 Å².